The van der Waals surface area contributed by atoms with E-state index >= 15 is 0 Å². The van der Waals surface area contributed by atoms with Gasteiger partial charge in [-0.1, -0.05) is 13.8 Å². The molecule has 2 N–H and O–H groups in total. The summed E-state index contributed by atoms with van der Waals surface area (Å²) in [6.45, 7) is 6.33. The third kappa shape index (κ3) is 1.93. The van der Waals surface area contributed by atoms with E-state index in [1.807, 2.05) is 0 Å². The molecule has 0 spiro atoms. The standard InChI is InChI=1S/C15H22O4/c1-14(2)4-9-11(6-14)15(3,18)5-8-10(12(9)16)7-19-13(8)17/h9,11-12,16,18H,4-7H2,1-3H3/t9-,11+,12+,15+/m0/s1. The first-order chi connectivity index (χ1) is 8.71. The zero-order valence-corrected chi connectivity index (χ0v) is 11.8. The summed E-state index contributed by atoms with van der Waals surface area (Å²) >= 11 is 0. The van der Waals surface area contributed by atoms with Gasteiger partial charge in [-0.3, -0.25) is 0 Å². The number of ether oxygens (including phenoxy) is 1. The Balaban J connectivity index is 2.04. The fourth-order valence-electron chi connectivity index (χ4n) is 4.27. The molecule has 0 bridgehead atoms. The molecule has 4 heteroatoms. The molecule has 3 rings (SSSR count). The molecule has 0 aromatic rings. The molecule has 1 heterocycles. The first-order valence-electron chi connectivity index (χ1n) is 7.01. The van der Waals surface area contributed by atoms with Gasteiger partial charge in [0, 0.05) is 17.6 Å². The molecule has 3 aliphatic rings. The molecular weight excluding hydrogens is 244 g/mol. The molecule has 0 amide bonds. The van der Waals surface area contributed by atoms with Crippen LogP contribution in [0.1, 0.15) is 40.0 Å². The number of aliphatic hydroxyl groups is 2. The summed E-state index contributed by atoms with van der Waals surface area (Å²) < 4.78 is 5.04. The third-order valence-electron chi connectivity index (χ3n) is 5.17. The van der Waals surface area contributed by atoms with E-state index in [0.717, 1.165) is 12.8 Å². The SMILES string of the molecule is CC1(C)C[C@H]2[C@@H](C1)[C@](C)(O)CC1=C(COC1=O)[C@@H]2O. The Labute approximate surface area is 113 Å². The van der Waals surface area contributed by atoms with Crippen LogP contribution < -0.4 is 0 Å². The second-order valence-corrected chi connectivity index (χ2v) is 7.40. The van der Waals surface area contributed by atoms with Crippen molar-refractivity contribution in [1.82, 2.24) is 0 Å². The van der Waals surface area contributed by atoms with E-state index in [-0.39, 0.29) is 29.8 Å². The molecule has 1 fully saturated rings. The molecule has 0 saturated heterocycles. The minimum Gasteiger partial charge on any atom is -0.458 e. The number of rotatable bonds is 0. The molecular formula is C15H22O4. The number of aliphatic hydroxyl groups excluding tert-OH is 1. The highest BCUT2D eigenvalue weighted by molar-refractivity contribution is 5.92. The van der Waals surface area contributed by atoms with Crippen molar-refractivity contribution in [2.75, 3.05) is 6.61 Å². The monoisotopic (exact) mass is 266 g/mol. The van der Waals surface area contributed by atoms with Gasteiger partial charge in [0.25, 0.3) is 0 Å². The minimum atomic E-state index is -0.945. The Morgan fingerprint density at radius 3 is 2.63 bits per heavy atom. The number of carbonyl (C=O) groups is 1. The minimum absolute atomic E-state index is 0.0204. The molecule has 0 aromatic carbocycles. The zero-order chi connectivity index (χ0) is 14.0. The van der Waals surface area contributed by atoms with Gasteiger partial charge in [-0.15, -0.1) is 0 Å². The maximum absolute atomic E-state index is 11.7. The Morgan fingerprint density at radius 2 is 1.95 bits per heavy atom. The molecule has 0 radical (unpaired) electrons. The third-order valence-corrected chi connectivity index (χ3v) is 5.17. The fraction of sp³-hybridized carbons (Fsp3) is 0.800. The van der Waals surface area contributed by atoms with Crippen LogP contribution in [0.25, 0.3) is 0 Å². The number of cyclic esters (lactones) is 1. The number of hydrogen-bond acceptors (Lipinski definition) is 4. The van der Waals surface area contributed by atoms with Crippen LogP contribution in [0.2, 0.25) is 0 Å². The van der Waals surface area contributed by atoms with Crippen molar-refractivity contribution in [3.8, 4) is 0 Å². The molecule has 0 aromatic heterocycles. The second kappa shape index (κ2) is 3.83. The van der Waals surface area contributed by atoms with E-state index in [4.69, 9.17) is 4.74 Å². The van der Waals surface area contributed by atoms with Gasteiger partial charge in [-0.05, 0) is 37.0 Å². The van der Waals surface area contributed by atoms with Crippen LogP contribution in [0.15, 0.2) is 11.1 Å². The molecule has 4 atom stereocenters. The lowest BCUT2D eigenvalue weighted by Gasteiger charge is -2.34. The number of esters is 1. The highest BCUT2D eigenvalue weighted by atomic mass is 16.5. The van der Waals surface area contributed by atoms with Crippen LogP contribution in [0, 0.1) is 17.3 Å². The normalized spacial score (nSPS) is 44.7. The van der Waals surface area contributed by atoms with Crippen LogP contribution in [-0.4, -0.2) is 34.5 Å². The van der Waals surface area contributed by atoms with Gasteiger partial charge in [-0.25, -0.2) is 4.79 Å². The van der Waals surface area contributed by atoms with E-state index in [1.54, 1.807) is 6.92 Å². The average molecular weight is 266 g/mol. The Bertz CT molecular complexity index is 461. The maximum Gasteiger partial charge on any atom is 0.334 e. The van der Waals surface area contributed by atoms with Gasteiger partial charge >= 0.3 is 5.97 Å². The molecule has 19 heavy (non-hydrogen) atoms. The van der Waals surface area contributed by atoms with Crippen LogP contribution >= 0.6 is 0 Å². The van der Waals surface area contributed by atoms with Crippen LogP contribution in [0.3, 0.4) is 0 Å². The summed E-state index contributed by atoms with van der Waals surface area (Å²) in [7, 11) is 0. The quantitative estimate of drug-likeness (QED) is 0.651. The summed E-state index contributed by atoms with van der Waals surface area (Å²) in [6, 6.07) is 0. The van der Waals surface area contributed by atoms with Gasteiger partial charge in [0.15, 0.2) is 0 Å². The topological polar surface area (TPSA) is 66.8 Å². The van der Waals surface area contributed by atoms with Crippen molar-refractivity contribution in [3.63, 3.8) is 0 Å². The van der Waals surface area contributed by atoms with Crippen molar-refractivity contribution in [3.05, 3.63) is 11.1 Å². The summed E-state index contributed by atoms with van der Waals surface area (Å²) in [5.41, 5.74) is 0.391. The summed E-state index contributed by atoms with van der Waals surface area (Å²) in [5, 5.41) is 21.4. The van der Waals surface area contributed by atoms with E-state index in [1.165, 1.54) is 0 Å². The smallest absolute Gasteiger partial charge is 0.334 e. The molecule has 2 aliphatic carbocycles. The Morgan fingerprint density at radius 1 is 1.26 bits per heavy atom. The lowest BCUT2D eigenvalue weighted by atomic mass is 9.78. The Kier molecular flexibility index (Phi) is 2.64. The van der Waals surface area contributed by atoms with Crippen molar-refractivity contribution >= 4 is 5.97 Å². The highest BCUT2D eigenvalue weighted by Crippen LogP contribution is 2.55. The van der Waals surface area contributed by atoms with Crippen LogP contribution in [0.4, 0.5) is 0 Å². The summed E-state index contributed by atoms with van der Waals surface area (Å²) in [4.78, 5) is 11.7. The molecule has 1 aliphatic heterocycles. The second-order valence-electron chi connectivity index (χ2n) is 7.40. The van der Waals surface area contributed by atoms with Gasteiger partial charge in [-0.2, -0.15) is 0 Å². The van der Waals surface area contributed by atoms with Gasteiger partial charge in [0.2, 0.25) is 0 Å². The first kappa shape index (κ1) is 13.1. The van der Waals surface area contributed by atoms with E-state index < -0.39 is 11.7 Å². The largest absolute Gasteiger partial charge is 0.458 e. The van der Waals surface area contributed by atoms with Crippen molar-refractivity contribution in [2.24, 2.45) is 17.3 Å². The zero-order valence-electron chi connectivity index (χ0n) is 11.8. The fourth-order valence-corrected chi connectivity index (χ4v) is 4.27. The number of carbonyl (C=O) groups excluding carboxylic acids is 1. The number of fused-ring (bicyclic) bond motifs is 1. The van der Waals surface area contributed by atoms with Crippen molar-refractivity contribution in [2.45, 2.75) is 51.7 Å². The Hall–Kier alpha value is -0.870. The number of hydrogen-bond donors (Lipinski definition) is 2. The summed E-state index contributed by atoms with van der Waals surface area (Å²) in [5.74, 6) is -0.309. The molecule has 106 valence electrons. The van der Waals surface area contributed by atoms with Gasteiger partial charge < -0.3 is 14.9 Å². The van der Waals surface area contributed by atoms with Gasteiger partial charge in [0.05, 0.1) is 11.7 Å². The predicted molar refractivity (Wildman–Crippen MR) is 69.2 cm³/mol. The molecule has 4 nitrogen and oxygen atoms in total. The van der Waals surface area contributed by atoms with Crippen LogP contribution in [0.5, 0.6) is 0 Å². The van der Waals surface area contributed by atoms with E-state index in [9.17, 15) is 15.0 Å². The molecule has 0 unspecified atom stereocenters. The highest BCUT2D eigenvalue weighted by Gasteiger charge is 2.54. The van der Waals surface area contributed by atoms with E-state index in [2.05, 4.69) is 13.8 Å². The van der Waals surface area contributed by atoms with Crippen molar-refractivity contribution < 1.29 is 19.7 Å². The van der Waals surface area contributed by atoms with Crippen LogP contribution in [-0.2, 0) is 9.53 Å². The lowest BCUT2D eigenvalue weighted by Crippen LogP contribution is -2.39. The first-order valence-corrected chi connectivity index (χ1v) is 7.01. The summed E-state index contributed by atoms with van der Waals surface area (Å²) in [6.07, 6.45) is 1.41. The average Bonchev–Trinajstić information content (AvgIpc) is 2.78. The van der Waals surface area contributed by atoms with Gasteiger partial charge in [0.1, 0.15) is 6.61 Å². The van der Waals surface area contributed by atoms with Crippen molar-refractivity contribution in [1.29, 1.82) is 0 Å². The maximum atomic E-state index is 11.7. The molecule has 1 saturated carbocycles. The predicted octanol–water partition coefficient (Wildman–Crippen LogP) is 1.41. The van der Waals surface area contributed by atoms with E-state index in [0.29, 0.717) is 17.6 Å². The lowest BCUT2D eigenvalue weighted by molar-refractivity contribution is -0.137.